The normalized spacial score (nSPS) is 12.1. The first kappa shape index (κ1) is 13.2. The molecule has 0 radical (unpaired) electrons. The standard InChI is InChI=1S/C15H15NO3/c17-15(13-4-2-1-3-5-13)11-8-12-6-9-14(10-7-12)16(18)19/h1-7,9-10,15,17H,8,11H2. The van der Waals surface area contributed by atoms with Crippen molar-refractivity contribution in [2.45, 2.75) is 18.9 Å². The first-order valence-electron chi connectivity index (χ1n) is 6.13. The van der Waals surface area contributed by atoms with E-state index in [1.54, 1.807) is 12.1 Å². The molecule has 0 bridgehead atoms. The van der Waals surface area contributed by atoms with Crippen molar-refractivity contribution in [1.29, 1.82) is 0 Å². The van der Waals surface area contributed by atoms with E-state index in [-0.39, 0.29) is 5.69 Å². The van der Waals surface area contributed by atoms with E-state index in [0.717, 1.165) is 11.1 Å². The van der Waals surface area contributed by atoms with E-state index >= 15 is 0 Å². The molecular weight excluding hydrogens is 242 g/mol. The Bertz CT molecular complexity index is 537. The third-order valence-corrected chi connectivity index (χ3v) is 3.04. The molecule has 0 aliphatic carbocycles. The van der Waals surface area contributed by atoms with Gasteiger partial charge in [0.25, 0.3) is 5.69 Å². The Hall–Kier alpha value is -2.20. The van der Waals surface area contributed by atoms with Crippen molar-refractivity contribution in [1.82, 2.24) is 0 Å². The lowest BCUT2D eigenvalue weighted by Crippen LogP contribution is -1.99. The third kappa shape index (κ3) is 3.63. The summed E-state index contributed by atoms with van der Waals surface area (Å²) in [4.78, 5) is 10.1. The molecule has 0 fully saturated rings. The molecule has 2 aromatic rings. The van der Waals surface area contributed by atoms with E-state index in [1.807, 2.05) is 30.3 Å². The molecule has 1 N–H and O–H groups in total. The maximum Gasteiger partial charge on any atom is 0.269 e. The second-order valence-corrected chi connectivity index (χ2v) is 4.39. The summed E-state index contributed by atoms with van der Waals surface area (Å²) in [5.74, 6) is 0. The van der Waals surface area contributed by atoms with E-state index in [2.05, 4.69) is 0 Å². The third-order valence-electron chi connectivity index (χ3n) is 3.04. The van der Waals surface area contributed by atoms with Crippen LogP contribution in [0.5, 0.6) is 0 Å². The quantitative estimate of drug-likeness (QED) is 0.660. The Labute approximate surface area is 111 Å². The highest BCUT2D eigenvalue weighted by Crippen LogP contribution is 2.20. The zero-order valence-corrected chi connectivity index (χ0v) is 10.4. The predicted molar refractivity (Wildman–Crippen MR) is 72.8 cm³/mol. The van der Waals surface area contributed by atoms with Gasteiger partial charge in [-0.15, -0.1) is 0 Å². The number of nitro benzene ring substituents is 1. The van der Waals surface area contributed by atoms with E-state index in [0.29, 0.717) is 12.8 Å². The summed E-state index contributed by atoms with van der Waals surface area (Å²) in [6.07, 6.45) is 0.784. The fourth-order valence-corrected chi connectivity index (χ4v) is 1.93. The fraction of sp³-hybridized carbons (Fsp3) is 0.200. The number of hydrogen-bond acceptors (Lipinski definition) is 3. The maximum atomic E-state index is 10.5. The van der Waals surface area contributed by atoms with Crippen LogP contribution in [0.15, 0.2) is 54.6 Å². The first-order valence-corrected chi connectivity index (χ1v) is 6.13. The summed E-state index contributed by atoms with van der Waals surface area (Å²) >= 11 is 0. The summed E-state index contributed by atoms with van der Waals surface area (Å²) in [6.45, 7) is 0. The summed E-state index contributed by atoms with van der Waals surface area (Å²) in [5.41, 5.74) is 1.97. The Morgan fingerprint density at radius 3 is 2.26 bits per heavy atom. The van der Waals surface area contributed by atoms with Crippen molar-refractivity contribution < 1.29 is 10.0 Å². The zero-order valence-electron chi connectivity index (χ0n) is 10.4. The highest BCUT2D eigenvalue weighted by Gasteiger charge is 2.08. The number of aliphatic hydroxyl groups is 1. The van der Waals surface area contributed by atoms with Crippen LogP contribution in [-0.2, 0) is 6.42 Å². The fourth-order valence-electron chi connectivity index (χ4n) is 1.93. The van der Waals surface area contributed by atoms with E-state index in [4.69, 9.17) is 0 Å². The minimum Gasteiger partial charge on any atom is -0.388 e. The highest BCUT2D eigenvalue weighted by atomic mass is 16.6. The monoisotopic (exact) mass is 257 g/mol. The van der Waals surface area contributed by atoms with Crippen molar-refractivity contribution >= 4 is 5.69 Å². The van der Waals surface area contributed by atoms with Crippen molar-refractivity contribution in [3.05, 3.63) is 75.8 Å². The van der Waals surface area contributed by atoms with Gasteiger partial charge in [-0.1, -0.05) is 42.5 Å². The molecule has 0 aliphatic heterocycles. The number of aryl methyl sites for hydroxylation is 1. The Balaban J connectivity index is 1.93. The summed E-state index contributed by atoms with van der Waals surface area (Å²) in [5, 5.41) is 20.5. The van der Waals surface area contributed by atoms with Crippen LogP contribution in [-0.4, -0.2) is 10.0 Å². The zero-order chi connectivity index (χ0) is 13.7. The van der Waals surface area contributed by atoms with Gasteiger partial charge in [0.15, 0.2) is 0 Å². The number of nitrogens with zero attached hydrogens (tertiary/aromatic N) is 1. The van der Waals surface area contributed by atoms with Crippen LogP contribution in [0.2, 0.25) is 0 Å². The van der Waals surface area contributed by atoms with Crippen LogP contribution in [0.1, 0.15) is 23.7 Å². The lowest BCUT2D eigenvalue weighted by atomic mass is 10.0. The molecule has 2 rings (SSSR count). The van der Waals surface area contributed by atoms with Crippen LogP contribution < -0.4 is 0 Å². The summed E-state index contributed by atoms with van der Waals surface area (Å²) in [7, 11) is 0. The average Bonchev–Trinajstić information content (AvgIpc) is 2.46. The largest absolute Gasteiger partial charge is 0.388 e. The molecule has 2 aromatic carbocycles. The number of aliphatic hydroxyl groups excluding tert-OH is 1. The molecule has 4 heteroatoms. The van der Waals surface area contributed by atoms with Gasteiger partial charge >= 0.3 is 0 Å². The topological polar surface area (TPSA) is 63.4 Å². The van der Waals surface area contributed by atoms with Gasteiger partial charge in [0, 0.05) is 12.1 Å². The van der Waals surface area contributed by atoms with Crippen molar-refractivity contribution in [3.8, 4) is 0 Å². The van der Waals surface area contributed by atoms with E-state index in [9.17, 15) is 15.2 Å². The smallest absolute Gasteiger partial charge is 0.269 e. The molecule has 0 aliphatic rings. The molecule has 4 nitrogen and oxygen atoms in total. The van der Waals surface area contributed by atoms with Gasteiger partial charge in [-0.05, 0) is 24.0 Å². The molecule has 0 aromatic heterocycles. The van der Waals surface area contributed by atoms with Crippen LogP contribution in [0, 0.1) is 10.1 Å². The minimum absolute atomic E-state index is 0.0901. The predicted octanol–water partition coefficient (Wildman–Crippen LogP) is 3.26. The first-order chi connectivity index (χ1) is 9.16. The SMILES string of the molecule is O=[N+]([O-])c1ccc(CCC(O)c2ccccc2)cc1. The molecule has 0 saturated carbocycles. The lowest BCUT2D eigenvalue weighted by Gasteiger charge is -2.10. The molecule has 0 spiro atoms. The van der Waals surface area contributed by atoms with Crippen LogP contribution in [0.4, 0.5) is 5.69 Å². The van der Waals surface area contributed by atoms with Crippen molar-refractivity contribution in [2.24, 2.45) is 0 Å². The van der Waals surface area contributed by atoms with Crippen molar-refractivity contribution in [3.63, 3.8) is 0 Å². The molecule has 0 amide bonds. The van der Waals surface area contributed by atoms with Gasteiger partial charge in [0.1, 0.15) is 0 Å². The molecule has 98 valence electrons. The minimum atomic E-state index is -0.503. The van der Waals surface area contributed by atoms with Gasteiger partial charge in [0.2, 0.25) is 0 Å². The molecule has 0 heterocycles. The summed E-state index contributed by atoms with van der Waals surface area (Å²) in [6, 6.07) is 15.9. The molecular formula is C15H15NO3. The molecule has 19 heavy (non-hydrogen) atoms. The Morgan fingerprint density at radius 2 is 1.68 bits per heavy atom. The maximum absolute atomic E-state index is 10.5. The van der Waals surface area contributed by atoms with Gasteiger partial charge < -0.3 is 5.11 Å². The Kier molecular flexibility index (Phi) is 4.26. The Morgan fingerprint density at radius 1 is 1.05 bits per heavy atom. The van der Waals surface area contributed by atoms with Gasteiger partial charge in [-0.2, -0.15) is 0 Å². The number of rotatable bonds is 5. The molecule has 0 saturated heterocycles. The van der Waals surface area contributed by atoms with Crippen LogP contribution >= 0.6 is 0 Å². The number of benzene rings is 2. The molecule has 1 atom stereocenters. The van der Waals surface area contributed by atoms with Gasteiger partial charge in [0.05, 0.1) is 11.0 Å². The number of non-ortho nitro benzene ring substituents is 1. The lowest BCUT2D eigenvalue weighted by molar-refractivity contribution is -0.384. The number of hydrogen-bond donors (Lipinski definition) is 1. The summed E-state index contributed by atoms with van der Waals surface area (Å²) < 4.78 is 0. The van der Waals surface area contributed by atoms with Crippen LogP contribution in [0.3, 0.4) is 0 Å². The van der Waals surface area contributed by atoms with E-state index in [1.165, 1.54) is 12.1 Å². The second-order valence-electron chi connectivity index (χ2n) is 4.39. The van der Waals surface area contributed by atoms with Gasteiger partial charge in [-0.25, -0.2) is 0 Å². The van der Waals surface area contributed by atoms with Gasteiger partial charge in [-0.3, -0.25) is 10.1 Å². The van der Waals surface area contributed by atoms with Crippen molar-refractivity contribution in [2.75, 3.05) is 0 Å². The number of nitro groups is 1. The van der Waals surface area contributed by atoms with E-state index < -0.39 is 11.0 Å². The average molecular weight is 257 g/mol. The highest BCUT2D eigenvalue weighted by molar-refractivity contribution is 5.33. The van der Waals surface area contributed by atoms with Crippen LogP contribution in [0.25, 0.3) is 0 Å². The second kappa shape index (κ2) is 6.11. The molecule has 1 unspecified atom stereocenters.